The van der Waals surface area contributed by atoms with Crippen molar-refractivity contribution in [3.8, 4) is 6.07 Å². The summed E-state index contributed by atoms with van der Waals surface area (Å²) in [5, 5.41) is 11.2. The first-order valence-electron chi connectivity index (χ1n) is 8.17. The van der Waals surface area contributed by atoms with E-state index in [2.05, 4.69) is 5.32 Å². The monoisotopic (exact) mass is 417 g/mol. The third-order valence-electron chi connectivity index (χ3n) is 3.53. The second kappa shape index (κ2) is 9.39. The summed E-state index contributed by atoms with van der Waals surface area (Å²) < 4.78 is 24.4. The first-order valence-corrected chi connectivity index (χ1v) is 10.8. The molecule has 0 fully saturated rings. The van der Waals surface area contributed by atoms with Crippen molar-refractivity contribution in [3.05, 3.63) is 59.7 Å². The van der Waals surface area contributed by atoms with Gasteiger partial charge in [-0.2, -0.15) is 5.26 Å². The Kier molecular flexibility index (Phi) is 7.20. The molecule has 0 aliphatic rings. The van der Waals surface area contributed by atoms with Crippen molar-refractivity contribution in [1.29, 1.82) is 5.26 Å². The normalized spacial score (nSPS) is 10.8. The van der Waals surface area contributed by atoms with Crippen LogP contribution in [0.25, 0.3) is 0 Å². The number of carbonyl (C=O) groups is 2. The molecular formula is C19H19N3O4S2. The predicted molar refractivity (Wildman–Crippen MR) is 109 cm³/mol. The summed E-state index contributed by atoms with van der Waals surface area (Å²) in [5.74, 6) is -1.57. The molecule has 2 amide bonds. The maximum Gasteiger partial charge on any atom is 0.285 e. The number of thioether (sulfide) groups is 1. The summed E-state index contributed by atoms with van der Waals surface area (Å²) in [7, 11) is -0.346. The molecule has 1 N–H and O–H groups in total. The molecule has 0 unspecified atom stereocenters. The van der Waals surface area contributed by atoms with Gasteiger partial charge < -0.3 is 10.2 Å². The quantitative estimate of drug-likeness (QED) is 0.724. The number of amides is 2. The van der Waals surface area contributed by atoms with Crippen LogP contribution >= 0.6 is 11.8 Å². The van der Waals surface area contributed by atoms with E-state index in [-0.39, 0.29) is 11.0 Å². The summed E-state index contributed by atoms with van der Waals surface area (Å²) in [6, 6.07) is 14.7. The molecule has 0 saturated heterocycles. The molecule has 2 aromatic rings. The standard InChI is InChI=1S/C19H19N3O4S2/c1-22(2)19(24)27-17-9-7-16(8-10-17)21-18(23)13-28(25,26)12-15-5-3-14(11-20)4-6-15/h3-10H,12-13H2,1-2H3,(H,21,23). The predicted octanol–water partition coefficient (Wildman–Crippen LogP) is 2.89. The maximum atomic E-state index is 12.2. The number of anilines is 1. The van der Waals surface area contributed by atoms with Gasteiger partial charge in [-0.1, -0.05) is 12.1 Å². The van der Waals surface area contributed by atoms with Crippen LogP contribution in [-0.4, -0.2) is 44.3 Å². The number of nitriles is 1. The third-order valence-corrected chi connectivity index (χ3v) is 6.05. The highest BCUT2D eigenvalue weighted by atomic mass is 32.2. The summed E-state index contributed by atoms with van der Waals surface area (Å²) in [5.41, 5.74) is 1.40. The van der Waals surface area contributed by atoms with Gasteiger partial charge in [-0.15, -0.1) is 0 Å². The van der Waals surface area contributed by atoms with Gasteiger partial charge in [0.05, 0.1) is 17.4 Å². The molecule has 28 heavy (non-hydrogen) atoms. The molecule has 146 valence electrons. The molecule has 0 saturated carbocycles. The lowest BCUT2D eigenvalue weighted by atomic mass is 10.2. The van der Waals surface area contributed by atoms with Gasteiger partial charge in [0.25, 0.3) is 5.24 Å². The zero-order valence-electron chi connectivity index (χ0n) is 15.4. The van der Waals surface area contributed by atoms with Crippen molar-refractivity contribution >= 4 is 38.4 Å². The lowest BCUT2D eigenvalue weighted by Gasteiger charge is -2.10. The molecule has 0 aromatic heterocycles. The highest BCUT2D eigenvalue weighted by Gasteiger charge is 2.18. The molecule has 2 aromatic carbocycles. The Balaban J connectivity index is 1.93. The Morgan fingerprint density at radius 1 is 1.07 bits per heavy atom. The fraction of sp³-hybridized carbons (Fsp3) is 0.211. The van der Waals surface area contributed by atoms with Crippen molar-refractivity contribution in [1.82, 2.24) is 4.90 Å². The van der Waals surface area contributed by atoms with Crippen LogP contribution in [0, 0.1) is 11.3 Å². The van der Waals surface area contributed by atoms with E-state index in [0.29, 0.717) is 21.7 Å². The second-order valence-electron chi connectivity index (χ2n) is 6.18. The first kappa shape index (κ1) is 21.5. The van der Waals surface area contributed by atoms with E-state index >= 15 is 0 Å². The summed E-state index contributed by atoms with van der Waals surface area (Å²) >= 11 is 1.05. The van der Waals surface area contributed by atoms with E-state index < -0.39 is 21.5 Å². The Morgan fingerprint density at radius 2 is 1.68 bits per heavy atom. The fourth-order valence-electron chi connectivity index (χ4n) is 2.18. The molecule has 2 rings (SSSR count). The average Bonchev–Trinajstić information content (AvgIpc) is 2.63. The summed E-state index contributed by atoms with van der Waals surface area (Å²) in [6.45, 7) is 0. The van der Waals surface area contributed by atoms with Crippen molar-refractivity contribution in [2.75, 3.05) is 25.2 Å². The fourth-order valence-corrected chi connectivity index (χ4v) is 4.11. The van der Waals surface area contributed by atoms with Crippen LogP contribution in [0.2, 0.25) is 0 Å². The Bertz CT molecular complexity index is 993. The molecule has 9 heteroatoms. The van der Waals surface area contributed by atoms with Gasteiger partial charge >= 0.3 is 0 Å². The van der Waals surface area contributed by atoms with E-state index in [1.54, 1.807) is 50.5 Å². The lowest BCUT2D eigenvalue weighted by Crippen LogP contribution is -2.23. The van der Waals surface area contributed by atoms with Gasteiger partial charge in [0.15, 0.2) is 9.84 Å². The van der Waals surface area contributed by atoms with Gasteiger partial charge in [-0.05, 0) is 53.7 Å². The number of hydrogen-bond acceptors (Lipinski definition) is 6. The van der Waals surface area contributed by atoms with Gasteiger partial charge in [0, 0.05) is 24.7 Å². The third kappa shape index (κ3) is 6.72. The van der Waals surface area contributed by atoms with E-state index in [1.165, 1.54) is 17.0 Å². The molecule has 0 bridgehead atoms. The van der Waals surface area contributed by atoms with Crippen LogP contribution in [-0.2, 0) is 20.4 Å². The zero-order chi connectivity index (χ0) is 20.7. The minimum atomic E-state index is -3.66. The molecule has 0 radical (unpaired) electrons. The smallest absolute Gasteiger partial charge is 0.285 e. The van der Waals surface area contributed by atoms with Gasteiger partial charge in [0.1, 0.15) is 5.75 Å². The summed E-state index contributed by atoms with van der Waals surface area (Å²) in [4.78, 5) is 25.9. The minimum Gasteiger partial charge on any atom is -0.339 e. The number of nitrogens with one attached hydrogen (secondary N) is 1. The Labute approximate surface area is 168 Å². The molecule has 0 aliphatic carbocycles. The minimum absolute atomic E-state index is 0.120. The highest BCUT2D eigenvalue weighted by Crippen LogP contribution is 2.22. The summed E-state index contributed by atoms with van der Waals surface area (Å²) in [6.07, 6.45) is 0. The van der Waals surface area contributed by atoms with Crippen molar-refractivity contribution in [2.45, 2.75) is 10.6 Å². The van der Waals surface area contributed by atoms with Gasteiger partial charge in [0.2, 0.25) is 5.91 Å². The van der Waals surface area contributed by atoms with Crippen LogP contribution in [0.15, 0.2) is 53.4 Å². The van der Waals surface area contributed by atoms with Crippen LogP contribution in [0.3, 0.4) is 0 Å². The van der Waals surface area contributed by atoms with Crippen molar-refractivity contribution in [3.63, 3.8) is 0 Å². The number of carbonyl (C=O) groups excluding carboxylic acids is 2. The van der Waals surface area contributed by atoms with Crippen LogP contribution < -0.4 is 5.32 Å². The molecule has 0 heterocycles. The molecule has 0 spiro atoms. The average molecular weight is 418 g/mol. The van der Waals surface area contributed by atoms with Crippen LogP contribution in [0.4, 0.5) is 10.5 Å². The number of benzene rings is 2. The molecule has 7 nitrogen and oxygen atoms in total. The van der Waals surface area contributed by atoms with Crippen LogP contribution in [0.5, 0.6) is 0 Å². The molecular weight excluding hydrogens is 398 g/mol. The number of rotatable bonds is 6. The van der Waals surface area contributed by atoms with E-state index in [0.717, 1.165) is 11.8 Å². The number of hydrogen-bond donors (Lipinski definition) is 1. The van der Waals surface area contributed by atoms with Gasteiger partial charge in [-0.3, -0.25) is 9.59 Å². The first-order chi connectivity index (χ1) is 13.2. The largest absolute Gasteiger partial charge is 0.339 e. The maximum absolute atomic E-state index is 12.2. The van der Waals surface area contributed by atoms with E-state index in [9.17, 15) is 18.0 Å². The SMILES string of the molecule is CN(C)C(=O)Sc1ccc(NC(=O)CS(=O)(=O)Cc2ccc(C#N)cc2)cc1. The van der Waals surface area contributed by atoms with E-state index in [4.69, 9.17) is 5.26 Å². The van der Waals surface area contributed by atoms with Crippen LogP contribution in [0.1, 0.15) is 11.1 Å². The Morgan fingerprint density at radius 3 is 2.21 bits per heavy atom. The lowest BCUT2D eigenvalue weighted by molar-refractivity contribution is -0.113. The topological polar surface area (TPSA) is 107 Å². The number of sulfone groups is 1. The second-order valence-corrected chi connectivity index (χ2v) is 9.27. The van der Waals surface area contributed by atoms with Gasteiger partial charge in [-0.25, -0.2) is 8.42 Å². The van der Waals surface area contributed by atoms with Crippen molar-refractivity contribution in [2.24, 2.45) is 0 Å². The zero-order valence-corrected chi connectivity index (χ0v) is 17.0. The number of nitrogens with zero attached hydrogens (tertiary/aromatic N) is 2. The molecule has 0 atom stereocenters. The van der Waals surface area contributed by atoms with Crippen molar-refractivity contribution < 1.29 is 18.0 Å². The Hall–Kier alpha value is -2.83. The molecule has 0 aliphatic heterocycles. The van der Waals surface area contributed by atoms with E-state index in [1.807, 2.05) is 6.07 Å². The highest BCUT2D eigenvalue weighted by molar-refractivity contribution is 8.13.